The van der Waals surface area contributed by atoms with Crippen LogP contribution in [0.25, 0.3) is 11.0 Å². The molecule has 0 radical (unpaired) electrons. The number of aromatic nitrogens is 2. The van der Waals surface area contributed by atoms with Gasteiger partial charge in [0.05, 0.1) is 42.8 Å². The number of aromatic amines is 1. The molecule has 1 aromatic heterocycles. The van der Waals surface area contributed by atoms with E-state index < -0.39 is 9.84 Å². The number of fused-ring (bicyclic) bond motifs is 1. The molecular formula is C13H16N2O4S2. The lowest BCUT2D eigenvalue weighted by Crippen LogP contribution is -2.11. The molecule has 0 amide bonds. The molecule has 1 atom stereocenters. The number of nitrogens with zero attached hydrogens (tertiary/aromatic N) is 1. The van der Waals surface area contributed by atoms with Crippen molar-refractivity contribution in [3.8, 4) is 11.5 Å². The van der Waals surface area contributed by atoms with E-state index >= 15 is 0 Å². The maximum absolute atomic E-state index is 11.7. The zero-order valence-electron chi connectivity index (χ0n) is 11.8. The van der Waals surface area contributed by atoms with E-state index in [-0.39, 0.29) is 17.5 Å². The van der Waals surface area contributed by atoms with Gasteiger partial charge in [0.25, 0.3) is 0 Å². The Kier molecular flexibility index (Phi) is 3.45. The van der Waals surface area contributed by atoms with Gasteiger partial charge in [-0.2, -0.15) is 0 Å². The highest BCUT2D eigenvalue weighted by Gasteiger charge is 2.30. The van der Waals surface area contributed by atoms with Gasteiger partial charge < -0.3 is 19.0 Å². The van der Waals surface area contributed by atoms with Crippen molar-refractivity contribution in [3.05, 3.63) is 16.9 Å². The van der Waals surface area contributed by atoms with Crippen LogP contribution in [0, 0.1) is 4.77 Å². The Balaban J connectivity index is 2.19. The topological polar surface area (TPSA) is 73.3 Å². The first-order valence-corrected chi connectivity index (χ1v) is 8.75. The second kappa shape index (κ2) is 5.03. The minimum absolute atomic E-state index is 0.128. The number of sulfone groups is 1. The Hall–Kier alpha value is -1.54. The summed E-state index contributed by atoms with van der Waals surface area (Å²) in [5.74, 6) is 1.53. The predicted octanol–water partition coefficient (Wildman–Crippen LogP) is 2.08. The minimum atomic E-state index is -2.97. The SMILES string of the molecule is COc1cc2[nH]c(=S)n(C3CCS(=O)(=O)C3)c2cc1OC. The van der Waals surface area contributed by atoms with Crippen LogP contribution in [0.5, 0.6) is 11.5 Å². The zero-order valence-corrected chi connectivity index (χ0v) is 13.4. The lowest BCUT2D eigenvalue weighted by Gasteiger charge is -2.13. The molecule has 1 aliphatic heterocycles. The molecule has 1 fully saturated rings. The molecule has 114 valence electrons. The molecule has 2 aromatic rings. The average molecular weight is 328 g/mol. The van der Waals surface area contributed by atoms with Crippen LogP contribution >= 0.6 is 12.2 Å². The second-order valence-electron chi connectivity index (χ2n) is 5.08. The van der Waals surface area contributed by atoms with E-state index in [1.165, 1.54) is 0 Å². The van der Waals surface area contributed by atoms with Crippen LogP contribution in [0.4, 0.5) is 0 Å². The van der Waals surface area contributed by atoms with Gasteiger partial charge in [-0.3, -0.25) is 0 Å². The van der Waals surface area contributed by atoms with Crippen molar-refractivity contribution in [1.29, 1.82) is 0 Å². The normalized spacial score (nSPS) is 20.8. The highest BCUT2D eigenvalue weighted by atomic mass is 32.2. The number of methoxy groups -OCH3 is 2. The van der Waals surface area contributed by atoms with Gasteiger partial charge in [0.1, 0.15) is 0 Å². The van der Waals surface area contributed by atoms with Crippen molar-refractivity contribution < 1.29 is 17.9 Å². The summed E-state index contributed by atoms with van der Waals surface area (Å²) in [6, 6.07) is 3.50. The van der Waals surface area contributed by atoms with Gasteiger partial charge in [0.15, 0.2) is 26.1 Å². The highest BCUT2D eigenvalue weighted by Crippen LogP contribution is 2.35. The van der Waals surface area contributed by atoms with Gasteiger partial charge in [0, 0.05) is 12.1 Å². The molecule has 1 aromatic carbocycles. The van der Waals surface area contributed by atoms with Gasteiger partial charge in [-0.1, -0.05) is 0 Å². The van der Waals surface area contributed by atoms with Crippen LogP contribution in [0.1, 0.15) is 12.5 Å². The van der Waals surface area contributed by atoms with Crippen molar-refractivity contribution in [2.24, 2.45) is 0 Å². The van der Waals surface area contributed by atoms with E-state index in [1.54, 1.807) is 14.2 Å². The van der Waals surface area contributed by atoms with E-state index in [9.17, 15) is 8.42 Å². The third-order valence-corrected chi connectivity index (χ3v) is 5.84. The fourth-order valence-corrected chi connectivity index (χ4v) is 4.85. The van der Waals surface area contributed by atoms with E-state index in [0.717, 1.165) is 11.0 Å². The summed E-state index contributed by atoms with van der Waals surface area (Å²) in [5.41, 5.74) is 1.64. The molecule has 0 saturated carbocycles. The molecule has 21 heavy (non-hydrogen) atoms. The molecule has 8 heteroatoms. The number of benzene rings is 1. The molecule has 6 nitrogen and oxygen atoms in total. The lowest BCUT2D eigenvalue weighted by atomic mass is 10.2. The summed E-state index contributed by atoms with van der Waals surface area (Å²) >= 11 is 5.35. The highest BCUT2D eigenvalue weighted by molar-refractivity contribution is 7.91. The maximum atomic E-state index is 11.7. The summed E-state index contributed by atoms with van der Waals surface area (Å²) in [5, 5.41) is 0. The molecule has 0 bridgehead atoms. The fraction of sp³-hybridized carbons (Fsp3) is 0.462. The molecule has 2 heterocycles. The summed E-state index contributed by atoms with van der Waals surface area (Å²) in [4.78, 5) is 3.10. The molecule has 0 spiro atoms. The number of rotatable bonds is 3. The van der Waals surface area contributed by atoms with Gasteiger partial charge in [-0.05, 0) is 18.6 Å². The number of hydrogen-bond donors (Lipinski definition) is 1. The lowest BCUT2D eigenvalue weighted by molar-refractivity contribution is 0.355. The number of imidazole rings is 1. The first kappa shape index (κ1) is 14.4. The Morgan fingerprint density at radius 2 is 1.95 bits per heavy atom. The second-order valence-corrected chi connectivity index (χ2v) is 7.70. The minimum Gasteiger partial charge on any atom is -0.493 e. The first-order valence-electron chi connectivity index (χ1n) is 6.52. The van der Waals surface area contributed by atoms with E-state index in [1.807, 2.05) is 16.7 Å². The van der Waals surface area contributed by atoms with Gasteiger partial charge in [-0.25, -0.2) is 8.42 Å². The van der Waals surface area contributed by atoms with Crippen LogP contribution in [-0.4, -0.2) is 43.7 Å². The zero-order chi connectivity index (χ0) is 15.2. The molecular weight excluding hydrogens is 312 g/mol. The Morgan fingerprint density at radius 1 is 1.29 bits per heavy atom. The van der Waals surface area contributed by atoms with E-state index in [2.05, 4.69) is 4.98 Å². The van der Waals surface area contributed by atoms with E-state index in [0.29, 0.717) is 22.7 Å². The summed E-state index contributed by atoms with van der Waals surface area (Å²) in [6.45, 7) is 0. The number of H-pyrrole nitrogens is 1. The van der Waals surface area contributed by atoms with E-state index in [4.69, 9.17) is 21.7 Å². The largest absolute Gasteiger partial charge is 0.493 e. The summed E-state index contributed by atoms with van der Waals surface area (Å²) in [7, 11) is 0.161. The number of hydrogen-bond acceptors (Lipinski definition) is 5. The number of ether oxygens (including phenoxy) is 2. The van der Waals surface area contributed by atoms with Crippen LogP contribution in [0.2, 0.25) is 0 Å². The van der Waals surface area contributed by atoms with Crippen LogP contribution in [0.3, 0.4) is 0 Å². The van der Waals surface area contributed by atoms with Crippen molar-refractivity contribution in [1.82, 2.24) is 9.55 Å². The molecule has 3 rings (SSSR count). The quantitative estimate of drug-likeness (QED) is 0.873. The maximum Gasteiger partial charge on any atom is 0.178 e. The smallest absolute Gasteiger partial charge is 0.178 e. The fourth-order valence-electron chi connectivity index (χ4n) is 2.79. The Bertz CT molecular complexity index is 851. The summed E-state index contributed by atoms with van der Waals surface area (Å²) < 4.78 is 36.4. The van der Waals surface area contributed by atoms with Crippen molar-refractivity contribution >= 4 is 33.1 Å². The third kappa shape index (κ3) is 2.42. The Labute approximate surface area is 127 Å². The van der Waals surface area contributed by atoms with Gasteiger partial charge in [0.2, 0.25) is 0 Å². The average Bonchev–Trinajstić information content (AvgIpc) is 2.95. The Morgan fingerprint density at radius 3 is 2.52 bits per heavy atom. The molecule has 1 unspecified atom stereocenters. The third-order valence-electron chi connectivity index (χ3n) is 3.80. The predicted molar refractivity (Wildman–Crippen MR) is 82.5 cm³/mol. The van der Waals surface area contributed by atoms with Crippen molar-refractivity contribution in [3.63, 3.8) is 0 Å². The van der Waals surface area contributed by atoms with Crippen molar-refractivity contribution in [2.75, 3.05) is 25.7 Å². The van der Waals surface area contributed by atoms with Gasteiger partial charge in [-0.15, -0.1) is 0 Å². The van der Waals surface area contributed by atoms with Crippen LogP contribution in [0.15, 0.2) is 12.1 Å². The monoisotopic (exact) mass is 328 g/mol. The number of nitrogens with one attached hydrogen (secondary N) is 1. The van der Waals surface area contributed by atoms with Crippen molar-refractivity contribution in [2.45, 2.75) is 12.5 Å². The molecule has 1 saturated heterocycles. The summed E-state index contributed by atoms with van der Waals surface area (Å²) in [6.07, 6.45) is 0.581. The molecule has 1 aliphatic rings. The standard InChI is InChI=1S/C13H16N2O4S2/c1-18-11-5-9-10(6-12(11)19-2)15(13(20)14-9)8-3-4-21(16,17)7-8/h5-6,8H,3-4,7H2,1-2H3,(H,14,20). The van der Waals surface area contributed by atoms with Crippen LogP contribution in [-0.2, 0) is 9.84 Å². The van der Waals surface area contributed by atoms with Crippen LogP contribution < -0.4 is 9.47 Å². The first-order chi connectivity index (χ1) is 9.95. The molecule has 1 N–H and O–H groups in total. The van der Waals surface area contributed by atoms with Gasteiger partial charge >= 0.3 is 0 Å². The molecule has 0 aliphatic carbocycles.